The summed E-state index contributed by atoms with van der Waals surface area (Å²) in [5.74, 6) is 0. The SMILES string of the molecule is Cn1c(-c2cncc(C(C)(C)c3cncc(-c4cc5ccccc5n4C)n3)n2)cc2ccccc21. The highest BCUT2D eigenvalue weighted by Gasteiger charge is 2.29. The van der Waals surface area contributed by atoms with Crippen LogP contribution in [0, 0.1) is 0 Å². The Morgan fingerprint density at radius 3 is 1.46 bits per heavy atom. The molecule has 0 aliphatic rings. The van der Waals surface area contributed by atoms with E-state index in [9.17, 15) is 0 Å². The molecule has 0 fully saturated rings. The van der Waals surface area contributed by atoms with Crippen molar-refractivity contribution in [3.63, 3.8) is 0 Å². The number of para-hydroxylation sites is 2. The fourth-order valence-electron chi connectivity index (χ4n) is 4.78. The largest absolute Gasteiger partial charge is 0.342 e. The summed E-state index contributed by atoms with van der Waals surface area (Å²) in [6.45, 7) is 4.25. The van der Waals surface area contributed by atoms with E-state index in [0.29, 0.717) is 0 Å². The summed E-state index contributed by atoms with van der Waals surface area (Å²) in [5, 5.41) is 2.37. The lowest BCUT2D eigenvalue weighted by Crippen LogP contribution is -2.23. The molecule has 6 aromatic rings. The number of rotatable bonds is 4. The first-order valence-corrected chi connectivity index (χ1v) is 11.7. The highest BCUT2D eigenvalue weighted by molar-refractivity contribution is 5.87. The molecule has 0 N–H and O–H groups in total. The van der Waals surface area contributed by atoms with E-state index in [-0.39, 0.29) is 0 Å². The van der Waals surface area contributed by atoms with E-state index in [1.807, 2.05) is 24.8 Å². The second kappa shape index (κ2) is 7.87. The fraction of sp³-hybridized carbons (Fsp3) is 0.172. The second-order valence-corrected chi connectivity index (χ2v) is 9.50. The van der Waals surface area contributed by atoms with Crippen molar-refractivity contribution in [1.29, 1.82) is 0 Å². The van der Waals surface area contributed by atoms with Crippen LogP contribution in [0.25, 0.3) is 44.6 Å². The predicted molar refractivity (Wildman–Crippen MR) is 140 cm³/mol. The molecule has 0 bridgehead atoms. The molecular weight excluding hydrogens is 432 g/mol. The van der Waals surface area contributed by atoms with Crippen LogP contribution in [0.15, 0.2) is 85.5 Å². The Morgan fingerprint density at radius 1 is 0.600 bits per heavy atom. The zero-order valence-corrected chi connectivity index (χ0v) is 20.3. The van der Waals surface area contributed by atoms with Gasteiger partial charge in [-0.15, -0.1) is 0 Å². The van der Waals surface area contributed by atoms with Crippen molar-refractivity contribution in [1.82, 2.24) is 29.1 Å². The van der Waals surface area contributed by atoms with Crippen molar-refractivity contribution < 1.29 is 0 Å². The lowest BCUT2D eigenvalue weighted by molar-refractivity contribution is 0.589. The van der Waals surface area contributed by atoms with E-state index in [1.165, 1.54) is 21.8 Å². The Hall–Kier alpha value is -4.32. The van der Waals surface area contributed by atoms with E-state index in [1.54, 1.807) is 0 Å². The van der Waals surface area contributed by atoms with Crippen molar-refractivity contribution >= 4 is 21.8 Å². The summed E-state index contributed by atoms with van der Waals surface area (Å²) in [6, 6.07) is 21.0. The normalized spacial score (nSPS) is 12.0. The van der Waals surface area contributed by atoms with Gasteiger partial charge in [0, 0.05) is 48.3 Å². The van der Waals surface area contributed by atoms with Gasteiger partial charge in [0.2, 0.25) is 0 Å². The van der Waals surface area contributed by atoms with Crippen LogP contribution >= 0.6 is 0 Å². The topological polar surface area (TPSA) is 61.4 Å². The highest BCUT2D eigenvalue weighted by Crippen LogP contribution is 2.33. The van der Waals surface area contributed by atoms with Crippen molar-refractivity contribution in [2.75, 3.05) is 0 Å². The summed E-state index contributed by atoms with van der Waals surface area (Å²) < 4.78 is 4.33. The molecule has 35 heavy (non-hydrogen) atoms. The number of fused-ring (bicyclic) bond motifs is 2. The van der Waals surface area contributed by atoms with Crippen molar-refractivity contribution in [2.45, 2.75) is 19.3 Å². The minimum Gasteiger partial charge on any atom is -0.342 e. The van der Waals surface area contributed by atoms with E-state index < -0.39 is 5.41 Å². The maximum Gasteiger partial charge on any atom is 0.105 e. The van der Waals surface area contributed by atoms with Crippen LogP contribution in [0.3, 0.4) is 0 Å². The van der Waals surface area contributed by atoms with E-state index in [4.69, 9.17) is 9.97 Å². The van der Waals surface area contributed by atoms with Gasteiger partial charge in [0.25, 0.3) is 0 Å². The second-order valence-electron chi connectivity index (χ2n) is 9.50. The maximum atomic E-state index is 5.05. The first-order chi connectivity index (χ1) is 16.9. The lowest BCUT2D eigenvalue weighted by Gasteiger charge is -2.24. The lowest BCUT2D eigenvalue weighted by atomic mass is 9.86. The summed E-state index contributed by atoms with van der Waals surface area (Å²) >= 11 is 0. The molecule has 0 amide bonds. The molecule has 6 nitrogen and oxygen atoms in total. The summed E-state index contributed by atoms with van der Waals surface area (Å²) in [7, 11) is 4.13. The van der Waals surface area contributed by atoms with Gasteiger partial charge in [-0.1, -0.05) is 36.4 Å². The van der Waals surface area contributed by atoms with Crippen LogP contribution < -0.4 is 0 Å². The third kappa shape index (κ3) is 3.41. The quantitative estimate of drug-likeness (QED) is 0.329. The smallest absolute Gasteiger partial charge is 0.105 e. The van der Waals surface area contributed by atoms with Gasteiger partial charge >= 0.3 is 0 Å². The first-order valence-electron chi connectivity index (χ1n) is 11.7. The molecule has 6 heteroatoms. The van der Waals surface area contributed by atoms with Gasteiger partial charge in [-0.25, -0.2) is 9.97 Å². The number of hydrogen-bond acceptors (Lipinski definition) is 4. The van der Waals surface area contributed by atoms with Gasteiger partial charge in [-0.3, -0.25) is 9.97 Å². The summed E-state index contributed by atoms with van der Waals surface area (Å²) in [6.07, 6.45) is 7.31. The standard InChI is InChI=1S/C29H26N6/c1-29(2,27-17-30-15-21(32-27)25-13-19-9-5-7-11-23(19)34(25)3)28-18-31-16-22(33-28)26-14-20-10-6-8-12-24(20)35(26)4/h5-18H,1-4H3. The number of aromatic nitrogens is 6. The van der Waals surface area contributed by atoms with Gasteiger partial charge in [0.1, 0.15) is 11.4 Å². The Balaban J connectivity index is 1.42. The summed E-state index contributed by atoms with van der Waals surface area (Å²) in [4.78, 5) is 19.2. The highest BCUT2D eigenvalue weighted by atomic mass is 15.0. The van der Waals surface area contributed by atoms with E-state index in [2.05, 4.69) is 108 Å². The Labute approximate surface area is 204 Å². The molecule has 0 radical (unpaired) electrons. The van der Waals surface area contributed by atoms with Gasteiger partial charge in [0.05, 0.1) is 40.6 Å². The molecule has 4 heterocycles. The minimum atomic E-state index is -0.485. The zero-order chi connectivity index (χ0) is 24.2. The molecule has 0 saturated carbocycles. The predicted octanol–water partition coefficient (Wildman–Crippen LogP) is 5.91. The Morgan fingerprint density at radius 2 is 1.03 bits per heavy atom. The van der Waals surface area contributed by atoms with Crippen molar-refractivity contribution in [2.24, 2.45) is 14.1 Å². The van der Waals surface area contributed by atoms with Gasteiger partial charge in [0.15, 0.2) is 0 Å². The Kier molecular flexibility index (Phi) is 4.78. The van der Waals surface area contributed by atoms with Gasteiger partial charge in [-0.05, 0) is 38.1 Å². The molecule has 2 aromatic carbocycles. The third-order valence-corrected chi connectivity index (χ3v) is 6.98. The van der Waals surface area contributed by atoms with Crippen LogP contribution in [-0.4, -0.2) is 29.1 Å². The van der Waals surface area contributed by atoms with Gasteiger partial charge < -0.3 is 9.13 Å². The zero-order valence-electron chi connectivity index (χ0n) is 20.3. The van der Waals surface area contributed by atoms with E-state index >= 15 is 0 Å². The summed E-state index contributed by atoms with van der Waals surface area (Å²) in [5.41, 5.74) is 7.30. The van der Waals surface area contributed by atoms with Gasteiger partial charge in [-0.2, -0.15) is 0 Å². The average molecular weight is 459 g/mol. The molecule has 0 spiro atoms. The molecule has 6 rings (SSSR count). The number of nitrogens with zero attached hydrogens (tertiary/aromatic N) is 6. The minimum absolute atomic E-state index is 0.485. The Bertz CT molecular complexity index is 1580. The number of hydrogen-bond donors (Lipinski definition) is 0. The third-order valence-electron chi connectivity index (χ3n) is 6.98. The van der Waals surface area contributed by atoms with Crippen LogP contribution in [0.4, 0.5) is 0 Å². The number of aryl methyl sites for hydroxylation is 2. The molecular formula is C29H26N6. The van der Waals surface area contributed by atoms with Crippen LogP contribution in [-0.2, 0) is 19.5 Å². The molecule has 0 unspecified atom stereocenters. The van der Waals surface area contributed by atoms with Crippen molar-refractivity contribution in [3.8, 4) is 22.8 Å². The van der Waals surface area contributed by atoms with E-state index in [0.717, 1.165) is 34.2 Å². The monoisotopic (exact) mass is 458 g/mol. The fourth-order valence-corrected chi connectivity index (χ4v) is 4.78. The van der Waals surface area contributed by atoms with Crippen molar-refractivity contribution in [3.05, 3.63) is 96.8 Å². The molecule has 0 atom stereocenters. The average Bonchev–Trinajstić information content (AvgIpc) is 3.41. The molecule has 172 valence electrons. The maximum absolute atomic E-state index is 5.05. The van der Waals surface area contributed by atoms with Crippen LogP contribution in [0.5, 0.6) is 0 Å². The number of benzene rings is 2. The molecule has 4 aromatic heterocycles. The van der Waals surface area contributed by atoms with Crippen LogP contribution in [0.2, 0.25) is 0 Å². The molecule has 0 aliphatic heterocycles. The molecule has 0 aliphatic carbocycles. The first kappa shape index (κ1) is 21.2. The molecule has 0 saturated heterocycles. The van der Waals surface area contributed by atoms with Crippen LogP contribution in [0.1, 0.15) is 25.2 Å².